The lowest BCUT2D eigenvalue weighted by Crippen LogP contribution is -2.31. The van der Waals surface area contributed by atoms with E-state index >= 15 is 0 Å². The molecule has 1 heteroatoms. The van der Waals surface area contributed by atoms with Crippen molar-refractivity contribution in [1.29, 1.82) is 0 Å². The number of fused-ring (bicyclic) bond motifs is 2. The maximum Gasteiger partial charge on any atom is 0.0255 e. The van der Waals surface area contributed by atoms with Crippen LogP contribution < -0.4 is 0 Å². The molecule has 108 valence electrons. The Balaban J connectivity index is 1.50. The van der Waals surface area contributed by atoms with Gasteiger partial charge in [-0.3, -0.25) is 4.90 Å². The van der Waals surface area contributed by atoms with Gasteiger partial charge in [0.15, 0.2) is 0 Å². The van der Waals surface area contributed by atoms with Crippen molar-refractivity contribution in [2.24, 2.45) is 35.0 Å². The van der Waals surface area contributed by atoms with Crippen molar-refractivity contribution < 1.29 is 0 Å². The minimum absolute atomic E-state index is 0.773. The van der Waals surface area contributed by atoms with Crippen LogP contribution in [0.15, 0.2) is 0 Å². The molecule has 6 unspecified atom stereocenters. The first-order valence-corrected chi connectivity index (χ1v) is 8.83. The van der Waals surface area contributed by atoms with E-state index in [1.807, 2.05) is 0 Å². The average molecular weight is 261 g/mol. The Morgan fingerprint density at radius 3 is 2.68 bits per heavy atom. The van der Waals surface area contributed by atoms with Gasteiger partial charge in [0.2, 0.25) is 0 Å². The van der Waals surface area contributed by atoms with Gasteiger partial charge in [0.25, 0.3) is 0 Å². The molecule has 2 saturated heterocycles. The molecule has 0 radical (unpaired) electrons. The molecule has 2 heterocycles. The molecule has 0 spiro atoms. The molecule has 1 nitrogen and oxygen atoms in total. The second-order valence-electron chi connectivity index (χ2n) is 8.71. The fourth-order valence-corrected chi connectivity index (χ4v) is 5.79. The summed E-state index contributed by atoms with van der Waals surface area (Å²) in [7, 11) is 0. The van der Waals surface area contributed by atoms with Gasteiger partial charge in [-0.1, -0.05) is 27.2 Å². The van der Waals surface area contributed by atoms with Crippen LogP contribution in [0.2, 0.25) is 0 Å². The lowest BCUT2D eigenvalue weighted by Gasteiger charge is -2.36. The topological polar surface area (TPSA) is 3.01 Å². The minimum Gasteiger partial charge on any atom is -0.297 e. The van der Waals surface area contributed by atoms with Crippen molar-refractivity contribution in [3.05, 3.63) is 0 Å². The monoisotopic (exact) mass is 261 g/mol. The second-order valence-corrected chi connectivity index (χ2v) is 8.71. The summed E-state index contributed by atoms with van der Waals surface area (Å²) in [6.45, 7) is 10.3. The van der Waals surface area contributed by atoms with Crippen LogP contribution in [0.3, 0.4) is 0 Å². The van der Waals surface area contributed by atoms with Gasteiger partial charge in [-0.15, -0.1) is 0 Å². The molecule has 0 N–H and O–H groups in total. The number of hydrogen-bond acceptors (Lipinski definition) is 1. The Kier molecular flexibility index (Phi) is 2.82. The molecule has 4 fully saturated rings. The second kappa shape index (κ2) is 4.23. The summed E-state index contributed by atoms with van der Waals surface area (Å²) in [4.78, 5) is 2.82. The zero-order valence-corrected chi connectivity index (χ0v) is 13.1. The van der Waals surface area contributed by atoms with Crippen molar-refractivity contribution >= 4 is 0 Å². The molecule has 4 aliphatic rings. The van der Waals surface area contributed by atoms with Gasteiger partial charge in [-0.2, -0.15) is 0 Å². The standard InChI is InChI=1S/C18H31N/c1-12(2)13-7-8-15(17-11-19(17)10-13)16-6-4-5-14-9-18(14,16)3/h12-17H,4-11H2,1-3H3/t13?,14-,15?,16?,17?,18?,19?/m0/s1. The summed E-state index contributed by atoms with van der Waals surface area (Å²) < 4.78 is 0. The third kappa shape index (κ3) is 1.99. The summed E-state index contributed by atoms with van der Waals surface area (Å²) in [6, 6.07) is 0.991. The van der Waals surface area contributed by atoms with Crippen molar-refractivity contribution in [3.8, 4) is 0 Å². The lowest BCUT2D eigenvalue weighted by molar-refractivity contribution is 0.139. The van der Waals surface area contributed by atoms with Gasteiger partial charge >= 0.3 is 0 Å². The summed E-state index contributed by atoms with van der Waals surface area (Å²) in [5, 5.41) is 0. The van der Waals surface area contributed by atoms with Crippen LogP contribution in [-0.4, -0.2) is 24.0 Å². The minimum atomic E-state index is 0.773. The van der Waals surface area contributed by atoms with E-state index in [1.54, 1.807) is 19.3 Å². The molecule has 0 bridgehead atoms. The predicted molar refractivity (Wildman–Crippen MR) is 80.0 cm³/mol. The van der Waals surface area contributed by atoms with Crippen molar-refractivity contribution in [2.75, 3.05) is 13.1 Å². The van der Waals surface area contributed by atoms with E-state index < -0.39 is 0 Å². The van der Waals surface area contributed by atoms with Gasteiger partial charge < -0.3 is 0 Å². The van der Waals surface area contributed by atoms with Crippen molar-refractivity contribution in [2.45, 2.75) is 65.3 Å². The van der Waals surface area contributed by atoms with Crippen molar-refractivity contribution in [1.82, 2.24) is 4.90 Å². The molecule has 0 aromatic carbocycles. The normalized spacial score (nSPS) is 56.2. The number of nitrogens with zero attached hydrogens (tertiary/aromatic N) is 1. The van der Waals surface area contributed by atoms with E-state index in [9.17, 15) is 0 Å². The van der Waals surface area contributed by atoms with E-state index in [0.29, 0.717) is 0 Å². The Morgan fingerprint density at radius 1 is 1.05 bits per heavy atom. The molecule has 2 aliphatic carbocycles. The maximum absolute atomic E-state index is 2.82. The molecule has 2 saturated carbocycles. The van der Waals surface area contributed by atoms with Crippen LogP contribution in [-0.2, 0) is 0 Å². The fourth-order valence-electron chi connectivity index (χ4n) is 5.79. The molecule has 7 atom stereocenters. The van der Waals surface area contributed by atoms with Crippen LogP contribution >= 0.6 is 0 Å². The largest absolute Gasteiger partial charge is 0.297 e. The zero-order valence-electron chi connectivity index (χ0n) is 13.1. The Morgan fingerprint density at radius 2 is 1.89 bits per heavy atom. The zero-order chi connectivity index (χ0) is 13.2. The van der Waals surface area contributed by atoms with Crippen LogP contribution in [0.1, 0.15) is 59.3 Å². The molecular formula is C18H31N. The summed E-state index contributed by atoms with van der Waals surface area (Å²) in [5.74, 6) is 5.10. The molecule has 0 aromatic rings. The van der Waals surface area contributed by atoms with Crippen LogP contribution in [0.25, 0.3) is 0 Å². The van der Waals surface area contributed by atoms with Crippen LogP contribution in [0.4, 0.5) is 0 Å². The van der Waals surface area contributed by atoms with Crippen LogP contribution in [0, 0.1) is 35.0 Å². The summed E-state index contributed by atoms with van der Waals surface area (Å²) >= 11 is 0. The van der Waals surface area contributed by atoms with Gasteiger partial charge in [0.05, 0.1) is 0 Å². The first-order chi connectivity index (χ1) is 9.09. The first-order valence-electron chi connectivity index (χ1n) is 8.83. The highest BCUT2D eigenvalue weighted by Gasteiger charge is 2.61. The number of rotatable bonds is 2. The summed E-state index contributed by atoms with van der Waals surface area (Å²) in [5.41, 5.74) is 0.773. The highest BCUT2D eigenvalue weighted by molar-refractivity contribution is 5.11. The Hall–Kier alpha value is -0.0400. The van der Waals surface area contributed by atoms with E-state index in [-0.39, 0.29) is 0 Å². The maximum atomic E-state index is 2.82. The third-order valence-electron chi connectivity index (χ3n) is 7.42. The van der Waals surface area contributed by atoms with E-state index in [4.69, 9.17) is 0 Å². The quantitative estimate of drug-likeness (QED) is 0.674. The third-order valence-corrected chi connectivity index (χ3v) is 7.42. The average Bonchev–Trinajstić information content (AvgIpc) is 3.19. The van der Waals surface area contributed by atoms with E-state index in [2.05, 4.69) is 25.7 Å². The SMILES string of the molecule is CC(C)C1CCC(C2CCC[C@H]3CC23C)C2CN2C1. The van der Waals surface area contributed by atoms with Crippen LogP contribution in [0.5, 0.6) is 0 Å². The predicted octanol–water partition coefficient (Wildman–Crippen LogP) is 4.18. The molecule has 19 heavy (non-hydrogen) atoms. The highest BCUT2D eigenvalue weighted by atomic mass is 15.3. The Labute approximate surface area is 119 Å². The smallest absolute Gasteiger partial charge is 0.0255 e. The van der Waals surface area contributed by atoms with Gasteiger partial charge in [0, 0.05) is 19.1 Å². The summed E-state index contributed by atoms with van der Waals surface area (Å²) in [6.07, 6.45) is 9.23. The fraction of sp³-hybridized carbons (Fsp3) is 1.00. The van der Waals surface area contributed by atoms with Crippen molar-refractivity contribution in [3.63, 3.8) is 0 Å². The van der Waals surface area contributed by atoms with Gasteiger partial charge in [0.1, 0.15) is 0 Å². The molecule has 0 amide bonds. The molecule has 0 aromatic heterocycles. The van der Waals surface area contributed by atoms with Gasteiger partial charge in [-0.25, -0.2) is 0 Å². The molecule has 2 aliphatic heterocycles. The first kappa shape index (κ1) is 12.7. The Bertz CT molecular complexity index is 363. The highest BCUT2D eigenvalue weighted by Crippen LogP contribution is 2.67. The van der Waals surface area contributed by atoms with E-state index in [1.165, 1.54) is 32.4 Å². The number of hydrogen-bond donors (Lipinski definition) is 0. The lowest BCUT2D eigenvalue weighted by atomic mass is 9.69. The van der Waals surface area contributed by atoms with Gasteiger partial charge in [-0.05, 0) is 67.1 Å². The molecular weight excluding hydrogens is 230 g/mol. The van der Waals surface area contributed by atoms with E-state index in [0.717, 1.165) is 41.0 Å². The molecule has 4 rings (SSSR count).